The van der Waals surface area contributed by atoms with E-state index < -0.39 is 5.97 Å². The second-order valence-corrected chi connectivity index (χ2v) is 6.36. The van der Waals surface area contributed by atoms with Crippen LogP contribution in [0.25, 0.3) is 0 Å². The number of carboxylic acids is 1. The minimum atomic E-state index is -0.933. The van der Waals surface area contributed by atoms with Crippen molar-refractivity contribution in [1.82, 2.24) is 0 Å². The van der Waals surface area contributed by atoms with E-state index in [1.165, 1.54) is 29.7 Å². The Hall–Kier alpha value is -2.69. The number of aromatic carboxylic acids is 1. The predicted octanol–water partition coefficient (Wildman–Crippen LogP) is 4.50. The molecule has 24 heavy (non-hydrogen) atoms. The highest BCUT2D eigenvalue weighted by atomic mass is 16.4. The molecule has 0 saturated carbocycles. The van der Waals surface area contributed by atoms with E-state index in [0.717, 1.165) is 31.6 Å². The zero-order valence-corrected chi connectivity index (χ0v) is 13.4. The number of benzene rings is 2. The van der Waals surface area contributed by atoms with Crippen LogP contribution in [-0.2, 0) is 12.8 Å². The summed E-state index contributed by atoms with van der Waals surface area (Å²) in [6.45, 7) is 2.33. The highest BCUT2D eigenvalue weighted by Gasteiger charge is 2.24. The Kier molecular flexibility index (Phi) is 3.76. The van der Waals surface area contributed by atoms with E-state index in [1.54, 1.807) is 24.3 Å². The largest absolute Gasteiger partial charge is 0.478 e. The Balaban J connectivity index is 1.62. The van der Waals surface area contributed by atoms with Gasteiger partial charge in [-0.25, -0.2) is 4.79 Å². The second kappa shape index (κ2) is 6.07. The standard InChI is InChI=1S/C19H19N3O2/c23-19(24)13-5-7-16(8-6-13)20-21-17-11-14-3-1-9-22-10-2-4-15(12-17)18(14)22/h5-8,11-12H,1-4,9-10H2,(H,23,24). The minimum Gasteiger partial charge on any atom is -0.478 e. The van der Waals surface area contributed by atoms with E-state index >= 15 is 0 Å². The summed E-state index contributed by atoms with van der Waals surface area (Å²) in [4.78, 5) is 13.4. The van der Waals surface area contributed by atoms with E-state index in [-0.39, 0.29) is 5.56 Å². The molecular weight excluding hydrogens is 302 g/mol. The summed E-state index contributed by atoms with van der Waals surface area (Å²) < 4.78 is 0. The van der Waals surface area contributed by atoms with Crippen LogP contribution in [-0.4, -0.2) is 24.2 Å². The van der Waals surface area contributed by atoms with Crippen molar-refractivity contribution in [3.63, 3.8) is 0 Å². The van der Waals surface area contributed by atoms with Crippen molar-refractivity contribution >= 4 is 23.0 Å². The van der Waals surface area contributed by atoms with Crippen molar-refractivity contribution in [2.24, 2.45) is 10.2 Å². The number of hydrogen-bond acceptors (Lipinski definition) is 4. The average molecular weight is 321 g/mol. The Labute approximate surface area is 140 Å². The quantitative estimate of drug-likeness (QED) is 0.847. The summed E-state index contributed by atoms with van der Waals surface area (Å²) >= 11 is 0. The lowest BCUT2D eigenvalue weighted by molar-refractivity contribution is 0.0697. The first kappa shape index (κ1) is 14.9. The first-order valence-corrected chi connectivity index (χ1v) is 8.36. The fourth-order valence-corrected chi connectivity index (χ4v) is 3.63. The van der Waals surface area contributed by atoms with Crippen LogP contribution in [0.2, 0.25) is 0 Å². The monoisotopic (exact) mass is 321 g/mol. The van der Waals surface area contributed by atoms with Crippen LogP contribution in [0.3, 0.4) is 0 Å². The summed E-state index contributed by atoms with van der Waals surface area (Å²) in [7, 11) is 0. The number of carbonyl (C=O) groups is 1. The zero-order chi connectivity index (χ0) is 16.5. The molecule has 2 heterocycles. The van der Waals surface area contributed by atoms with Gasteiger partial charge in [0.25, 0.3) is 0 Å². The van der Waals surface area contributed by atoms with Gasteiger partial charge in [-0.15, -0.1) is 0 Å². The van der Waals surface area contributed by atoms with E-state index in [0.29, 0.717) is 5.69 Å². The Morgan fingerprint density at radius 3 is 2.08 bits per heavy atom. The minimum absolute atomic E-state index is 0.257. The van der Waals surface area contributed by atoms with Crippen LogP contribution < -0.4 is 4.90 Å². The lowest BCUT2D eigenvalue weighted by Gasteiger charge is -2.36. The van der Waals surface area contributed by atoms with Gasteiger partial charge in [-0.2, -0.15) is 10.2 Å². The van der Waals surface area contributed by atoms with Crippen molar-refractivity contribution in [2.45, 2.75) is 25.7 Å². The van der Waals surface area contributed by atoms with Crippen molar-refractivity contribution in [2.75, 3.05) is 18.0 Å². The van der Waals surface area contributed by atoms with Gasteiger partial charge in [0, 0.05) is 18.8 Å². The summed E-state index contributed by atoms with van der Waals surface area (Å²) in [5.41, 5.74) is 5.99. The molecule has 2 aromatic rings. The maximum Gasteiger partial charge on any atom is 0.335 e. The maximum absolute atomic E-state index is 10.9. The van der Waals surface area contributed by atoms with Gasteiger partial charge in [-0.3, -0.25) is 0 Å². The maximum atomic E-state index is 10.9. The topological polar surface area (TPSA) is 65.3 Å². The molecule has 0 saturated heterocycles. The van der Waals surface area contributed by atoms with Crippen molar-refractivity contribution in [3.05, 3.63) is 53.1 Å². The molecular formula is C19H19N3O2. The van der Waals surface area contributed by atoms with E-state index in [9.17, 15) is 4.79 Å². The molecule has 0 amide bonds. The van der Waals surface area contributed by atoms with Crippen LogP contribution in [0.5, 0.6) is 0 Å². The SMILES string of the molecule is O=C(O)c1ccc(N=Nc2cc3c4c(c2)CCCN4CCC3)cc1. The molecule has 0 atom stereocenters. The lowest BCUT2D eigenvalue weighted by atomic mass is 9.91. The van der Waals surface area contributed by atoms with Crippen molar-refractivity contribution < 1.29 is 9.90 Å². The smallest absolute Gasteiger partial charge is 0.335 e. The molecule has 2 aliphatic heterocycles. The molecule has 0 spiro atoms. The fraction of sp³-hybridized carbons (Fsp3) is 0.316. The predicted molar refractivity (Wildman–Crippen MR) is 92.9 cm³/mol. The number of anilines is 1. The number of carboxylic acid groups (broad SMARTS) is 1. The summed E-state index contributed by atoms with van der Waals surface area (Å²) in [6.07, 6.45) is 4.61. The third-order valence-corrected chi connectivity index (χ3v) is 4.71. The Morgan fingerprint density at radius 2 is 1.50 bits per heavy atom. The zero-order valence-electron chi connectivity index (χ0n) is 13.4. The van der Waals surface area contributed by atoms with Crippen LogP contribution in [0, 0.1) is 0 Å². The summed E-state index contributed by atoms with van der Waals surface area (Å²) in [6, 6.07) is 10.7. The van der Waals surface area contributed by atoms with E-state index in [1.807, 2.05) is 0 Å². The molecule has 0 aliphatic carbocycles. The molecule has 5 nitrogen and oxygen atoms in total. The second-order valence-electron chi connectivity index (χ2n) is 6.36. The normalized spacial score (nSPS) is 16.2. The van der Waals surface area contributed by atoms with Crippen molar-refractivity contribution in [1.29, 1.82) is 0 Å². The fourth-order valence-electron chi connectivity index (χ4n) is 3.63. The first-order chi connectivity index (χ1) is 11.7. The molecule has 0 fully saturated rings. The van der Waals surface area contributed by atoms with Crippen molar-refractivity contribution in [3.8, 4) is 0 Å². The molecule has 4 rings (SSSR count). The van der Waals surface area contributed by atoms with Gasteiger partial charge >= 0.3 is 5.97 Å². The first-order valence-electron chi connectivity index (χ1n) is 8.36. The molecule has 0 unspecified atom stereocenters. The van der Waals surface area contributed by atoms with Gasteiger partial charge in [-0.05, 0) is 73.2 Å². The molecule has 0 radical (unpaired) electrons. The number of nitrogens with zero attached hydrogens (tertiary/aromatic N) is 3. The molecule has 1 N–H and O–H groups in total. The number of aryl methyl sites for hydroxylation is 2. The number of azo groups is 1. The van der Waals surface area contributed by atoms with Gasteiger partial charge in [0.1, 0.15) is 0 Å². The Bertz CT molecular complexity index is 781. The molecule has 0 bridgehead atoms. The summed E-state index contributed by atoms with van der Waals surface area (Å²) in [5.74, 6) is -0.933. The van der Waals surface area contributed by atoms with Gasteiger partial charge in [0.15, 0.2) is 0 Å². The highest BCUT2D eigenvalue weighted by molar-refractivity contribution is 5.87. The van der Waals surface area contributed by atoms with Gasteiger partial charge < -0.3 is 10.0 Å². The third kappa shape index (κ3) is 2.77. The van der Waals surface area contributed by atoms with Gasteiger partial charge in [0.2, 0.25) is 0 Å². The van der Waals surface area contributed by atoms with E-state index in [2.05, 4.69) is 27.3 Å². The van der Waals surface area contributed by atoms with Crippen LogP contribution in [0.15, 0.2) is 46.6 Å². The van der Waals surface area contributed by atoms with Gasteiger partial charge in [0.05, 0.1) is 16.9 Å². The number of rotatable bonds is 3. The molecule has 122 valence electrons. The third-order valence-electron chi connectivity index (χ3n) is 4.71. The van der Waals surface area contributed by atoms with Crippen LogP contribution >= 0.6 is 0 Å². The molecule has 2 aromatic carbocycles. The molecule has 5 heteroatoms. The Morgan fingerprint density at radius 1 is 0.917 bits per heavy atom. The summed E-state index contributed by atoms with van der Waals surface area (Å²) in [5, 5.41) is 17.6. The molecule has 0 aromatic heterocycles. The van der Waals surface area contributed by atoms with Crippen LogP contribution in [0.4, 0.5) is 17.1 Å². The molecule has 2 aliphatic rings. The highest BCUT2D eigenvalue weighted by Crippen LogP contribution is 2.38. The van der Waals surface area contributed by atoms with Crippen LogP contribution in [0.1, 0.15) is 34.3 Å². The van der Waals surface area contributed by atoms with E-state index in [4.69, 9.17) is 5.11 Å². The lowest BCUT2D eigenvalue weighted by Crippen LogP contribution is -2.34. The van der Waals surface area contributed by atoms with Gasteiger partial charge in [-0.1, -0.05) is 0 Å². The number of hydrogen-bond donors (Lipinski definition) is 1. The average Bonchev–Trinajstić information content (AvgIpc) is 2.61.